The Morgan fingerprint density at radius 3 is 2.41 bits per heavy atom. The van der Waals surface area contributed by atoms with Gasteiger partial charge in [0.15, 0.2) is 8.32 Å². The van der Waals surface area contributed by atoms with Gasteiger partial charge in [0.2, 0.25) is 0 Å². The van der Waals surface area contributed by atoms with E-state index in [4.69, 9.17) is 14.7 Å². The summed E-state index contributed by atoms with van der Waals surface area (Å²) in [6.45, 7) is 18.3. The number of aromatic amines is 1. The molecule has 2 N–H and O–H groups in total. The summed E-state index contributed by atoms with van der Waals surface area (Å²) in [7, 11) is -2.24. The largest absolute Gasteiger partial charge is 0.461 e. The molecule has 0 amide bonds. The van der Waals surface area contributed by atoms with Crippen LogP contribution in [0.15, 0.2) is 47.1 Å². The average molecular weight is 529 g/mol. The molecule has 0 aliphatic rings. The van der Waals surface area contributed by atoms with Crippen LogP contribution in [0.2, 0.25) is 18.1 Å². The number of nitrogens with zero attached hydrogens (tertiary/aromatic N) is 3. The van der Waals surface area contributed by atoms with E-state index in [1.54, 1.807) is 20.8 Å². The van der Waals surface area contributed by atoms with Gasteiger partial charge in [-0.1, -0.05) is 50.2 Å². The summed E-state index contributed by atoms with van der Waals surface area (Å²) in [6.07, 6.45) is 2.22. The maximum Gasteiger partial charge on any atom is 0.311 e. The van der Waals surface area contributed by atoms with Crippen molar-refractivity contribution in [1.82, 2.24) is 4.98 Å². The lowest BCUT2D eigenvalue weighted by atomic mass is 9.77. The predicted octanol–water partition coefficient (Wildman–Crippen LogP) is 7.23. The third-order valence-corrected chi connectivity index (χ3v) is 11.9. The molecule has 1 heterocycles. The van der Waals surface area contributed by atoms with E-state index in [2.05, 4.69) is 48.9 Å². The minimum Gasteiger partial charge on any atom is -0.461 e. The number of H-pyrrole nitrogens is 1. The molecule has 37 heavy (non-hydrogen) atoms. The summed E-state index contributed by atoms with van der Waals surface area (Å²) < 4.78 is 12.3. The Balaban J connectivity index is 2.60. The lowest BCUT2D eigenvalue weighted by Gasteiger charge is -2.42. The number of aromatic nitrogens is 1. The predicted molar refractivity (Wildman–Crippen MR) is 152 cm³/mol. The second-order valence-electron chi connectivity index (χ2n) is 12.2. The van der Waals surface area contributed by atoms with Gasteiger partial charge in [0.25, 0.3) is 0 Å². The molecule has 0 spiro atoms. The maximum atomic E-state index is 12.6. The third-order valence-electron chi connectivity index (χ3n) is 7.41. The van der Waals surface area contributed by atoms with Gasteiger partial charge in [-0.15, -0.1) is 0 Å². The molecule has 0 radical (unpaired) electrons. The van der Waals surface area contributed by atoms with Gasteiger partial charge in [-0.25, -0.2) is 0 Å². The van der Waals surface area contributed by atoms with E-state index in [1.807, 2.05) is 43.3 Å². The van der Waals surface area contributed by atoms with Crippen molar-refractivity contribution in [2.75, 3.05) is 19.8 Å². The quantitative estimate of drug-likeness (QED) is 0.0798. The molecule has 204 valence electrons. The van der Waals surface area contributed by atoms with Crippen molar-refractivity contribution in [1.29, 1.82) is 0 Å². The number of rotatable bonds is 11. The number of carbonyl (C=O) groups excluding carboxylic acids is 1. The fourth-order valence-electron chi connectivity index (χ4n) is 3.89. The van der Waals surface area contributed by atoms with Crippen LogP contribution in [0.3, 0.4) is 0 Å². The summed E-state index contributed by atoms with van der Waals surface area (Å²) in [5.74, 6) is -0.860. The van der Waals surface area contributed by atoms with Crippen LogP contribution in [0.5, 0.6) is 0 Å². The number of aliphatic hydroxyl groups is 1. The molecule has 2 rings (SSSR count). The van der Waals surface area contributed by atoms with E-state index in [0.717, 1.165) is 16.5 Å². The Bertz CT molecular complexity index is 1120. The van der Waals surface area contributed by atoms with Crippen molar-refractivity contribution < 1.29 is 19.1 Å². The van der Waals surface area contributed by atoms with Gasteiger partial charge in [-0.2, -0.15) is 0 Å². The van der Waals surface area contributed by atoms with E-state index in [9.17, 15) is 9.90 Å². The molecule has 9 heteroatoms. The van der Waals surface area contributed by atoms with Crippen molar-refractivity contribution in [3.8, 4) is 0 Å². The first-order valence-corrected chi connectivity index (χ1v) is 15.8. The van der Waals surface area contributed by atoms with E-state index < -0.39 is 25.3 Å². The highest BCUT2D eigenvalue weighted by Gasteiger charge is 2.46. The van der Waals surface area contributed by atoms with Gasteiger partial charge in [0.05, 0.1) is 17.7 Å². The minimum absolute atomic E-state index is 0.0240. The van der Waals surface area contributed by atoms with Crippen LogP contribution in [-0.4, -0.2) is 44.1 Å². The van der Waals surface area contributed by atoms with Crippen molar-refractivity contribution >= 4 is 25.2 Å². The van der Waals surface area contributed by atoms with Gasteiger partial charge >= 0.3 is 5.97 Å². The van der Waals surface area contributed by atoms with Crippen LogP contribution in [0.25, 0.3) is 21.3 Å². The van der Waals surface area contributed by atoms with E-state index in [-0.39, 0.29) is 30.8 Å². The number of para-hydroxylation sites is 1. The Morgan fingerprint density at radius 2 is 1.86 bits per heavy atom. The second-order valence-corrected chi connectivity index (χ2v) is 17.0. The molecule has 0 aliphatic carbocycles. The standard InChI is InChI=1S/C28H44N4O4Si/c1-10-20(18-35-25(33)26(2,3)4)22(15-16-30-32-29)28(34,19-36-37(8,9)27(5,6)7)24-17-21-13-11-12-14-23(21)31-24/h10-14,17,22,31,34H,15-16,18-19H2,1-9H3/b20-10+/t22?,28-/m1/s1. The first-order chi connectivity index (χ1) is 17.1. The summed E-state index contributed by atoms with van der Waals surface area (Å²) >= 11 is 0. The zero-order valence-electron chi connectivity index (χ0n) is 23.9. The zero-order valence-corrected chi connectivity index (χ0v) is 24.9. The molecule has 8 nitrogen and oxygen atoms in total. The number of ether oxygens (including phenoxy) is 1. The summed E-state index contributed by atoms with van der Waals surface area (Å²) in [6, 6.07) is 9.79. The molecule has 2 aromatic rings. The number of hydrogen-bond acceptors (Lipinski definition) is 5. The summed E-state index contributed by atoms with van der Waals surface area (Å²) in [5, 5.41) is 17.2. The highest BCUT2D eigenvalue weighted by Crippen LogP contribution is 2.42. The number of azide groups is 1. The molecule has 2 atom stereocenters. The van der Waals surface area contributed by atoms with E-state index in [0.29, 0.717) is 12.1 Å². The summed E-state index contributed by atoms with van der Waals surface area (Å²) in [4.78, 5) is 18.9. The van der Waals surface area contributed by atoms with Crippen LogP contribution in [0.4, 0.5) is 0 Å². The van der Waals surface area contributed by atoms with Crippen LogP contribution in [-0.2, 0) is 19.6 Å². The fourth-order valence-corrected chi connectivity index (χ4v) is 4.91. The van der Waals surface area contributed by atoms with Gasteiger partial charge in [0, 0.05) is 22.9 Å². The molecule has 0 fully saturated rings. The number of nitrogens with one attached hydrogen (secondary N) is 1. The Hall–Kier alpha value is -2.58. The van der Waals surface area contributed by atoms with E-state index in [1.165, 1.54) is 0 Å². The molecular formula is C28H44N4O4Si. The van der Waals surface area contributed by atoms with Crippen LogP contribution < -0.4 is 0 Å². The highest BCUT2D eigenvalue weighted by molar-refractivity contribution is 6.74. The van der Waals surface area contributed by atoms with Gasteiger partial charge in [-0.05, 0) is 80.9 Å². The molecule has 0 saturated heterocycles. The number of allylic oxidation sites excluding steroid dienone is 1. The number of benzene rings is 1. The maximum absolute atomic E-state index is 12.6. The molecule has 0 aliphatic heterocycles. The highest BCUT2D eigenvalue weighted by atomic mass is 28.4. The van der Waals surface area contributed by atoms with Gasteiger partial charge in [0.1, 0.15) is 12.2 Å². The van der Waals surface area contributed by atoms with Gasteiger partial charge in [-0.3, -0.25) is 4.79 Å². The van der Waals surface area contributed by atoms with E-state index >= 15 is 0 Å². The Kier molecular flexibility index (Phi) is 9.82. The van der Waals surface area contributed by atoms with Crippen LogP contribution in [0, 0.1) is 11.3 Å². The molecular weight excluding hydrogens is 484 g/mol. The van der Waals surface area contributed by atoms with Crippen LogP contribution in [0.1, 0.15) is 60.6 Å². The Morgan fingerprint density at radius 1 is 1.22 bits per heavy atom. The Labute approximate surface area is 222 Å². The first-order valence-electron chi connectivity index (χ1n) is 12.8. The number of esters is 1. The average Bonchev–Trinajstić information content (AvgIpc) is 3.25. The fraction of sp³-hybridized carbons (Fsp3) is 0.607. The zero-order chi connectivity index (χ0) is 28.1. The van der Waals surface area contributed by atoms with Gasteiger partial charge < -0.3 is 19.3 Å². The molecule has 0 saturated carbocycles. The second kappa shape index (κ2) is 11.9. The molecule has 0 bridgehead atoms. The number of fused-ring (bicyclic) bond motifs is 1. The third kappa shape index (κ3) is 7.48. The SMILES string of the molecule is C/C=C(\COC(=O)C(C)(C)C)C(CCN=[N+]=[N-])[C@](O)(CO[Si](C)(C)C(C)(C)C)c1cc2ccccc2[nH]1. The van der Waals surface area contributed by atoms with Crippen molar-refractivity contribution in [2.45, 2.75) is 78.6 Å². The van der Waals surface area contributed by atoms with Crippen molar-refractivity contribution in [3.05, 3.63) is 58.1 Å². The topological polar surface area (TPSA) is 120 Å². The monoisotopic (exact) mass is 528 g/mol. The number of hydrogen-bond donors (Lipinski definition) is 2. The van der Waals surface area contributed by atoms with Crippen LogP contribution >= 0.6 is 0 Å². The molecule has 1 unspecified atom stereocenters. The lowest BCUT2D eigenvalue weighted by Crippen LogP contribution is -2.49. The van der Waals surface area contributed by atoms with Crippen molar-refractivity contribution in [3.63, 3.8) is 0 Å². The normalized spacial score (nSPS) is 15.7. The number of carbonyl (C=O) groups is 1. The summed E-state index contributed by atoms with van der Waals surface area (Å²) in [5.41, 5.74) is 9.05. The minimum atomic E-state index is -2.24. The molecule has 1 aromatic heterocycles. The first kappa shape index (κ1) is 30.6. The smallest absolute Gasteiger partial charge is 0.311 e. The lowest BCUT2D eigenvalue weighted by molar-refractivity contribution is -0.152. The van der Waals surface area contributed by atoms with Crippen molar-refractivity contribution in [2.24, 2.45) is 16.4 Å². The molecule has 1 aromatic carbocycles.